The van der Waals surface area contributed by atoms with Crippen molar-refractivity contribution in [1.82, 2.24) is 34.6 Å². The van der Waals surface area contributed by atoms with Crippen LogP contribution in [0.15, 0.2) is 18.6 Å². The summed E-state index contributed by atoms with van der Waals surface area (Å²) in [5.41, 5.74) is 13.5. The van der Waals surface area contributed by atoms with Gasteiger partial charge in [0.2, 0.25) is 17.8 Å². The van der Waals surface area contributed by atoms with E-state index in [-0.39, 0.29) is 17.9 Å². The maximum Gasteiger partial charge on any atom is 0.242 e. The fourth-order valence-corrected chi connectivity index (χ4v) is 4.74. The number of nitrogen functional groups attached to an aromatic ring is 1. The summed E-state index contributed by atoms with van der Waals surface area (Å²) in [6.07, 6.45) is 8.33. The molecule has 1 saturated carbocycles. The fourth-order valence-electron chi connectivity index (χ4n) is 4.74. The molecule has 2 saturated heterocycles. The van der Waals surface area contributed by atoms with Crippen molar-refractivity contribution in [2.45, 2.75) is 37.3 Å². The van der Waals surface area contributed by atoms with Gasteiger partial charge in [-0.2, -0.15) is 10.1 Å². The molecule has 6 rings (SSSR count). The second-order valence-corrected chi connectivity index (χ2v) is 9.31. The van der Waals surface area contributed by atoms with Crippen LogP contribution in [0.5, 0.6) is 0 Å². The van der Waals surface area contributed by atoms with Gasteiger partial charge < -0.3 is 26.0 Å². The molecule has 0 unspecified atom stereocenters. The van der Waals surface area contributed by atoms with Gasteiger partial charge in [0.05, 0.1) is 42.1 Å². The van der Waals surface area contributed by atoms with Crippen LogP contribution in [0.2, 0.25) is 0 Å². The van der Waals surface area contributed by atoms with Gasteiger partial charge in [0.25, 0.3) is 0 Å². The molecule has 12 heteroatoms. The molecule has 3 aromatic heterocycles. The van der Waals surface area contributed by atoms with E-state index in [1.807, 2.05) is 9.58 Å². The Morgan fingerprint density at radius 1 is 1.03 bits per heavy atom. The van der Waals surface area contributed by atoms with Gasteiger partial charge in [-0.05, 0) is 25.7 Å². The average molecular weight is 465 g/mol. The van der Waals surface area contributed by atoms with E-state index in [0.29, 0.717) is 32.3 Å². The number of hydrogen-bond donors (Lipinski definition) is 2. The Morgan fingerprint density at radius 3 is 2.41 bits per heavy atom. The van der Waals surface area contributed by atoms with Gasteiger partial charge in [0.15, 0.2) is 5.65 Å². The molecule has 1 amide bonds. The first-order valence-corrected chi connectivity index (χ1v) is 11.8. The molecule has 12 nitrogen and oxygen atoms in total. The number of amides is 1. The molecule has 5 heterocycles. The summed E-state index contributed by atoms with van der Waals surface area (Å²) < 4.78 is 7.49. The number of nitrogens with two attached hydrogens (primary N) is 2. The zero-order chi connectivity index (χ0) is 23.3. The van der Waals surface area contributed by atoms with Crippen molar-refractivity contribution < 1.29 is 9.53 Å². The molecule has 4 N–H and O–H groups in total. The highest BCUT2D eigenvalue weighted by Crippen LogP contribution is 2.36. The minimum absolute atomic E-state index is 0.0823. The number of carbonyl (C=O) groups is 1. The molecule has 0 atom stereocenters. The van der Waals surface area contributed by atoms with E-state index in [2.05, 4.69) is 14.9 Å². The summed E-state index contributed by atoms with van der Waals surface area (Å²) in [7, 11) is 0. The highest BCUT2D eigenvalue weighted by molar-refractivity contribution is 5.91. The number of carbonyl (C=O) groups excluding carboxylic acids is 1. The Balaban J connectivity index is 1.35. The predicted octanol–water partition coefficient (Wildman–Crippen LogP) is 0.357. The molecular formula is C22H28N10O2. The number of aromatic nitrogens is 6. The Hall–Kier alpha value is -3.38. The molecule has 0 radical (unpaired) electrons. The zero-order valence-electron chi connectivity index (χ0n) is 18.9. The Kier molecular flexibility index (Phi) is 5.06. The van der Waals surface area contributed by atoms with E-state index in [4.69, 9.17) is 31.3 Å². The maximum absolute atomic E-state index is 12.7. The Bertz CT molecular complexity index is 1210. The highest BCUT2D eigenvalue weighted by atomic mass is 16.5. The van der Waals surface area contributed by atoms with Crippen molar-refractivity contribution in [3.8, 4) is 11.3 Å². The topological polar surface area (TPSA) is 154 Å². The monoisotopic (exact) mass is 464 g/mol. The first-order valence-electron chi connectivity index (χ1n) is 11.8. The van der Waals surface area contributed by atoms with Crippen molar-refractivity contribution in [3.63, 3.8) is 0 Å². The van der Waals surface area contributed by atoms with E-state index < -0.39 is 5.54 Å². The lowest BCUT2D eigenvalue weighted by Gasteiger charge is -2.34. The lowest BCUT2D eigenvalue weighted by Crippen LogP contribution is -2.48. The molecule has 0 aromatic carbocycles. The van der Waals surface area contributed by atoms with Crippen molar-refractivity contribution in [2.24, 2.45) is 5.73 Å². The molecule has 3 fully saturated rings. The van der Waals surface area contributed by atoms with Gasteiger partial charge >= 0.3 is 0 Å². The smallest absolute Gasteiger partial charge is 0.242 e. The van der Waals surface area contributed by atoms with Crippen LogP contribution in [-0.4, -0.2) is 85.5 Å². The molecule has 34 heavy (non-hydrogen) atoms. The number of piperidine rings is 1. The average Bonchev–Trinajstić information content (AvgIpc) is 3.49. The van der Waals surface area contributed by atoms with Crippen LogP contribution in [0.4, 0.5) is 11.9 Å². The Labute approximate surface area is 196 Å². The van der Waals surface area contributed by atoms with Crippen molar-refractivity contribution in [2.75, 3.05) is 50.0 Å². The molecule has 3 aliphatic rings. The maximum atomic E-state index is 12.7. The van der Waals surface area contributed by atoms with E-state index in [9.17, 15) is 4.79 Å². The lowest BCUT2D eigenvalue weighted by atomic mass is 10.0. The van der Waals surface area contributed by atoms with Crippen LogP contribution >= 0.6 is 0 Å². The molecule has 178 valence electrons. The van der Waals surface area contributed by atoms with Crippen molar-refractivity contribution in [3.05, 3.63) is 18.6 Å². The molecule has 3 aromatic rings. The van der Waals surface area contributed by atoms with E-state index in [0.717, 1.165) is 61.1 Å². The van der Waals surface area contributed by atoms with Crippen molar-refractivity contribution in [1.29, 1.82) is 0 Å². The summed E-state index contributed by atoms with van der Waals surface area (Å²) in [6, 6.07) is 0.137. The van der Waals surface area contributed by atoms with Gasteiger partial charge in [-0.3, -0.25) is 4.79 Å². The quantitative estimate of drug-likeness (QED) is 0.553. The SMILES string of the molecule is Nc1ncc(-c2nc(N3CCOCC3)nc3c2cnn3C2CCN(C(=O)C3(N)CC3)CC2)cn1. The van der Waals surface area contributed by atoms with E-state index in [1.165, 1.54) is 0 Å². The van der Waals surface area contributed by atoms with Gasteiger partial charge in [-0.25, -0.2) is 19.6 Å². The van der Waals surface area contributed by atoms with Gasteiger partial charge in [-0.15, -0.1) is 0 Å². The van der Waals surface area contributed by atoms with E-state index in [1.54, 1.807) is 18.6 Å². The van der Waals surface area contributed by atoms with Crippen LogP contribution in [-0.2, 0) is 9.53 Å². The molecule has 1 aliphatic carbocycles. The van der Waals surface area contributed by atoms with Crippen LogP contribution in [0.1, 0.15) is 31.7 Å². The molecule has 2 aliphatic heterocycles. The normalized spacial score (nSPS) is 20.6. The Morgan fingerprint density at radius 2 is 1.74 bits per heavy atom. The minimum Gasteiger partial charge on any atom is -0.378 e. The summed E-state index contributed by atoms with van der Waals surface area (Å²) in [6.45, 7) is 4.05. The second kappa shape index (κ2) is 8.13. The van der Waals surface area contributed by atoms with Crippen LogP contribution < -0.4 is 16.4 Å². The third kappa shape index (κ3) is 3.72. The number of likely N-dealkylation sites (tertiary alicyclic amines) is 1. The number of rotatable bonds is 4. The number of nitrogens with zero attached hydrogens (tertiary/aromatic N) is 8. The number of hydrogen-bond acceptors (Lipinski definition) is 10. The molecule has 0 spiro atoms. The van der Waals surface area contributed by atoms with Crippen LogP contribution in [0.25, 0.3) is 22.3 Å². The number of morpholine rings is 1. The molecule has 0 bridgehead atoms. The number of ether oxygens (including phenoxy) is 1. The minimum atomic E-state index is -0.623. The standard InChI is InChI=1S/C22H28N10O2/c23-20-25-11-14(12-26-20)17-16-13-27-32(18(16)29-21(28-17)31-7-9-34-10-8-31)15-1-5-30(6-2-15)19(33)22(24)3-4-22/h11-13,15H,1-10,24H2,(H2,23,25,26). The van der Waals surface area contributed by atoms with Crippen molar-refractivity contribution >= 4 is 28.8 Å². The number of fused-ring (bicyclic) bond motifs is 1. The van der Waals surface area contributed by atoms with Gasteiger partial charge in [0.1, 0.15) is 0 Å². The summed E-state index contributed by atoms with van der Waals surface area (Å²) in [4.78, 5) is 34.8. The number of anilines is 2. The summed E-state index contributed by atoms with van der Waals surface area (Å²) >= 11 is 0. The first-order chi connectivity index (χ1) is 16.5. The molecular weight excluding hydrogens is 436 g/mol. The van der Waals surface area contributed by atoms with Crippen LogP contribution in [0.3, 0.4) is 0 Å². The highest BCUT2D eigenvalue weighted by Gasteiger charge is 2.48. The largest absolute Gasteiger partial charge is 0.378 e. The fraction of sp³-hybridized carbons (Fsp3) is 0.545. The third-order valence-electron chi connectivity index (χ3n) is 6.99. The zero-order valence-corrected chi connectivity index (χ0v) is 18.9. The van der Waals surface area contributed by atoms with Crippen LogP contribution in [0, 0.1) is 0 Å². The third-order valence-corrected chi connectivity index (χ3v) is 6.99. The predicted molar refractivity (Wildman–Crippen MR) is 125 cm³/mol. The lowest BCUT2D eigenvalue weighted by molar-refractivity contribution is -0.134. The second-order valence-electron chi connectivity index (χ2n) is 9.31. The van der Waals surface area contributed by atoms with E-state index >= 15 is 0 Å². The van der Waals surface area contributed by atoms with Gasteiger partial charge in [0, 0.05) is 44.1 Å². The van der Waals surface area contributed by atoms with Gasteiger partial charge in [-0.1, -0.05) is 0 Å². The summed E-state index contributed by atoms with van der Waals surface area (Å²) in [5.74, 6) is 0.930. The summed E-state index contributed by atoms with van der Waals surface area (Å²) in [5, 5.41) is 5.55. The first kappa shape index (κ1) is 21.2.